The zero-order valence-corrected chi connectivity index (χ0v) is 5.96. The summed E-state index contributed by atoms with van der Waals surface area (Å²) in [4.78, 5) is 0. The van der Waals surface area contributed by atoms with E-state index in [0.717, 1.165) is 11.5 Å². The summed E-state index contributed by atoms with van der Waals surface area (Å²) in [5.41, 5.74) is 1.13. The van der Waals surface area contributed by atoms with Crippen LogP contribution in [0.1, 0.15) is 12.5 Å². The van der Waals surface area contributed by atoms with Crippen molar-refractivity contribution in [2.24, 2.45) is 0 Å². The van der Waals surface area contributed by atoms with Crippen molar-refractivity contribution in [2.45, 2.75) is 6.92 Å². The van der Waals surface area contributed by atoms with Gasteiger partial charge in [0, 0.05) is 0 Å². The Hall–Kier alpha value is -1.22. The van der Waals surface area contributed by atoms with E-state index in [1.807, 2.05) is 37.3 Å². The van der Waals surface area contributed by atoms with Gasteiger partial charge < -0.3 is 0 Å². The molecule has 1 aromatic carbocycles. The molecule has 0 aliphatic heterocycles. The molecule has 0 spiro atoms. The summed E-state index contributed by atoms with van der Waals surface area (Å²) in [6.45, 7) is 1.94. The van der Waals surface area contributed by atoms with E-state index in [-0.39, 0.29) is 0 Å². The van der Waals surface area contributed by atoms with Gasteiger partial charge in [-0.05, 0) is 12.5 Å². The molecular formula is C10H9. The molecule has 1 rings (SSSR count). The molecule has 0 fully saturated rings. The van der Waals surface area contributed by atoms with Gasteiger partial charge in [-0.3, -0.25) is 0 Å². The van der Waals surface area contributed by atoms with Crippen molar-refractivity contribution in [3.05, 3.63) is 41.8 Å². The maximum absolute atomic E-state index is 5.22. The van der Waals surface area contributed by atoms with E-state index in [9.17, 15) is 0 Å². The van der Waals surface area contributed by atoms with Gasteiger partial charge in [-0.15, -0.1) is 6.42 Å². The third kappa shape index (κ3) is 1.39. The summed E-state index contributed by atoms with van der Waals surface area (Å²) < 4.78 is 0. The van der Waals surface area contributed by atoms with Crippen LogP contribution in [0.2, 0.25) is 0 Å². The fourth-order valence-corrected chi connectivity index (χ4v) is 0.771. The summed E-state index contributed by atoms with van der Waals surface area (Å²) in [5.74, 6) is 3.58. The molecule has 0 N–H and O–H groups in total. The van der Waals surface area contributed by atoms with Crippen LogP contribution >= 0.6 is 0 Å². The van der Waals surface area contributed by atoms with Crippen LogP contribution in [-0.2, 0) is 0 Å². The first-order chi connectivity index (χ1) is 4.84. The van der Waals surface area contributed by atoms with Gasteiger partial charge in [0.1, 0.15) is 0 Å². The van der Waals surface area contributed by atoms with Gasteiger partial charge in [0.25, 0.3) is 0 Å². The van der Waals surface area contributed by atoms with E-state index in [4.69, 9.17) is 6.42 Å². The molecule has 0 aromatic heterocycles. The lowest BCUT2D eigenvalue weighted by Crippen LogP contribution is -1.87. The first-order valence-electron chi connectivity index (χ1n) is 3.20. The topological polar surface area (TPSA) is 0 Å². The summed E-state index contributed by atoms with van der Waals surface area (Å²) in [6.07, 6.45) is 5.22. The van der Waals surface area contributed by atoms with E-state index in [1.165, 1.54) is 0 Å². The zero-order valence-electron chi connectivity index (χ0n) is 5.96. The van der Waals surface area contributed by atoms with Crippen LogP contribution in [0.4, 0.5) is 0 Å². The molecule has 0 amide bonds. The van der Waals surface area contributed by atoms with E-state index in [2.05, 4.69) is 5.92 Å². The average Bonchev–Trinajstić information content (AvgIpc) is 2.05. The molecule has 0 unspecified atom stereocenters. The molecule has 49 valence electrons. The Labute approximate surface area is 61.9 Å². The van der Waals surface area contributed by atoms with Gasteiger partial charge in [-0.2, -0.15) is 0 Å². The largest absolute Gasteiger partial charge is 0.119 e. The van der Waals surface area contributed by atoms with E-state index in [0.29, 0.717) is 0 Å². The monoisotopic (exact) mass is 129 g/mol. The Balaban J connectivity index is 2.88. The van der Waals surface area contributed by atoms with Crippen molar-refractivity contribution in [1.82, 2.24) is 0 Å². The molecule has 0 nitrogen and oxygen atoms in total. The van der Waals surface area contributed by atoms with Crippen molar-refractivity contribution in [3.63, 3.8) is 0 Å². The van der Waals surface area contributed by atoms with Crippen LogP contribution in [0.25, 0.3) is 0 Å². The Kier molecular flexibility index (Phi) is 2.12. The van der Waals surface area contributed by atoms with E-state index < -0.39 is 0 Å². The van der Waals surface area contributed by atoms with Gasteiger partial charge in [-0.1, -0.05) is 36.3 Å². The summed E-state index contributed by atoms with van der Waals surface area (Å²) in [5, 5.41) is 0. The lowest BCUT2D eigenvalue weighted by atomic mass is 10.0. The maximum atomic E-state index is 5.22. The molecule has 10 heavy (non-hydrogen) atoms. The number of hydrogen-bond acceptors (Lipinski definition) is 0. The van der Waals surface area contributed by atoms with Gasteiger partial charge in [0.2, 0.25) is 0 Å². The molecule has 0 atom stereocenters. The summed E-state index contributed by atoms with van der Waals surface area (Å²) in [7, 11) is 0. The SMILES string of the molecule is C#C[C](C)c1ccccc1. The number of rotatable bonds is 1. The van der Waals surface area contributed by atoms with Gasteiger partial charge in [0.15, 0.2) is 0 Å². The predicted molar refractivity (Wildman–Crippen MR) is 43.3 cm³/mol. The first kappa shape index (κ1) is 6.89. The standard InChI is InChI=1S/C10H9/c1-3-9(2)10-7-5-4-6-8-10/h1,4-8H,2H3. The summed E-state index contributed by atoms with van der Waals surface area (Å²) >= 11 is 0. The zero-order chi connectivity index (χ0) is 7.40. The molecule has 0 bridgehead atoms. The second-order valence-electron chi connectivity index (χ2n) is 2.14. The third-order valence-corrected chi connectivity index (χ3v) is 1.42. The third-order valence-electron chi connectivity index (χ3n) is 1.42. The smallest absolute Gasteiger partial charge is 0.0735 e. The lowest BCUT2D eigenvalue weighted by molar-refractivity contribution is 1.29. The molecule has 0 heteroatoms. The van der Waals surface area contributed by atoms with Crippen LogP contribution in [0, 0.1) is 18.3 Å². The van der Waals surface area contributed by atoms with Crippen LogP contribution in [0.5, 0.6) is 0 Å². The van der Waals surface area contributed by atoms with Gasteiger partial charge in [0.05, 0.1) is 5.92 Å². The van der Waals surface area contributed by atoms with Crippen molar-refractivity contribution in [2.75, 3.05) is 0 Å². The highest BCUT2D eigenvalue weighted by atomic mass is 14.0. The molecule has 0 aliphatic rings. The summed E-state index contributed by atoms with van der Waals surface area (Å²) in [6, 6.07) is 9.96. The highest BCUT2D eigenvalue weighted by molar-refractivity contribution is 5.38. The van der Waals surface area contributed by atoms with Crippen LogP contribution in [-0.4, -0.2) is 0 Å². The maximum Gasteiger partial charge on any atom is 0.0735 e. The quantitative estimate of drug-likeness (QED) is 0.510. The number of hydrogen-bond donors (Lipinski definition) is 0. The predicted octanol–water partition coefficient (Wildman–Crippen LogP) is 2.26. The molecule has 0 aliphatic carbocycles. The van der Waals surface area contributed by atoms with E-state index >= 15 is 0 Å². The molecule has 0 saturated heterocycles. The highest BCUT2D eigenvalue weighted by Crippen LogP contribution is 2.10. The Morgan fingerprint density at radius 3 is 2.40 bits per heavy atom. The van der Waals surface area contributed by atoms with Gasteiger partial charge in [-0.25, -0.2) is 0 Å². The Morgan fingerprint density at radius 1 is 1.30 bits per heavy atom. The Morgan fingerprint density at radius 2 is 1.90 bits per heavy atom. The van der Waals surface area contributed by atoms with Crippen LogP contribution in [0.15, 0.2) is 30.3 Å². The highest BCUT2D eigenvalue weighted by Gasteiger charge is 1.98. The first-order valence-corrected chi connectivity index (χ1v) is 3.20. The number of benzene rings is 1. The van der Waals surface area contributed by atoms with Crippen molar-refractivity contribution >= 4 is 0 Å². The molecule has 1 aromatic rings. The van der Waals surface area contributed by atoms with Crippen LogP contribution in [0.3, 0.4) is 0 Å². The molecule has 0 saturated carbocycles. The van der Waals surface area contributed by atoms with Crippen molar-refractivity contribution in [1.29, 1.82) is 0 Å². The lowest BCUT2D eigenvalue weighted by Gasteiger charge is -2.00. The normalized spacial score (nSPS) is 9.30. The minimum atomic E-state index is 0.987. The fourth-order valence-electron chi connectivity index (χ4n) is 0.771. The molecule has 0 heterocycles. The molecule has 1 radical (unpaired) electrons. The fraction of sp³-hybridized carbons (Fsp3) is 0.100. The average molecular weight is 129 g/mol. The van der Waals surface area contributed by atoms with Crippen molar-refractivity contribution in [3.8, 4) is 12.3 Å². The van der Waals surface area contributed by atoms with Crippen molar-refractivity contribution < 1.29 is 0 Å². The second-order valence-corrected chi connectivity index (χ2v) is 2.14. The molecular weight excluding hydrogens is 120 g/mol. The number of terminal acetylenes is 1. The van der Waals surface area contributed by atoms with Gasteiger partial charge >= 0.3 is 0 Å². The van der Waals surface area contributed by atoms with Crippen LogP contribution < -0.4 is 0 Å². The minimum Gasteiger partial charge on any atom is -0.119 e. The minimum absolute atomic E-state index is 0.987. The van der Waals surface area contributed by atoms with E-state index in [1.54, 1.807) is 0 Å². The Bertz CT molecular complexity index is 228. The second kappa shape index (κ2) is 3.08.